The fourth-order valence-electron chi connectivity index (χ4n) is 1.51. The van der Waals surface area contributed by atoms with Gasteiger partial charge < -0.3 is 15.8 Å². The molecule has 0 aliphatic rings. The number of hydrogen-bond acceptors (Lipinski definition) is 3. The third-order valence-electron chi connectivity index (χ3n) is 2.67. The zero-order valence-corrected chi connectivity index (χ0v) is 11.5. The number of nitrogens with one attached hydrogen (secondary N) is 1. The molecule has 3 heteroatoms. The van der Waals surface area contributed by atoms with Crippen LogP contribution in [0.15, 0.2) is 18.2 Å². The smallest absolute Gasteiger partial charge is 0.123 e. The van der Waals surface area contributed by atoms with Crippen molar-refractivity contribution in [2.75, 3.05) is 11.1 Å². The van der Waals surface area contributed by atoms with Gasteiger partial charge in [0, 0.05) is 29.0 Å². The molecule has 0 amide bonds. The summed E-state index contributed by atoms with van der Waals surface area (Å²) >= 11 is 0. The van der Waals surface area contributed by atoms with Crippen LogP contribution in [0.5, 0.6) is 5.75 Å². The average molecular weight is 236 g/mol. The van der Waals surface area contributed by atoms with Crippen molar-refractivity contribution in [1.82, 2.24) is 0 Å². The van der Waals surface area contributed by atoms with Crippen LogP contribution < -0.4 is 15.8 Å². The van der Waals surface area contributed by atoms with Gasteiger partial charge in [0.15, 0.2) is 0 Å². The Labute approximate surface area is 104 Å². The van der Waals surface area contributed by atoms with Crippen molar-refractivity contribution in [1.29, 1.82) is 0 Å². The van der Waals surface area contributed by atoms with Crippen LogP contribution in [-0.2, 0) is 0 Å². The van der Waals surface area contributed by atoms with Gasteiger partial charge in [0.25, 0.3) is 0 Å². The van der Waals surface area contributed by atoms with Crippen LogP contribution in [0, 0.1) is 0 Å². The Balaban J connectivity index is 2.89. The molecule has 0 heterocycles. The molecule has 0 saturated heterocycles. The van der Waals surface area contributed by atoms with Gasteiger partial charge in [-0.05, 0) is 40.2 Å². The van der Waals surface area contributed by atoms with Crippen LogP contribution in [0.3, 0.4) is 0 Å². The normalized spacial score (nSPS) is 11.6. The minimum atomic E-state index is 0.0584. The number of ether oxygens (including phenoxy) is 1. The van der Waals surface area contributed by atoms with E-state index in [1.54, 1.807) is 0 Å². The molecule has 0 spiro atoms. The minimum Gasteiger partial charge on any atom is -0.491 e. The predicted octanol–water partition coefficient (Wildman–Crippen LogP) is 3.66. The van der Waals surface area contributed by atoms with Crippen LogP contribution in [-0.4, -0.2) is 11.6 Å². The van der Waals surface area contributed by atoms with E-state index in [9.17, 15) is 0 Å². The van der Waals surface area contributed by atoms with E-state index in [4.69, 9.17) is 10.5 Å². The predicted molar refractivity (Wildman–Crippen MR) is 74.6 cm³/mol. The van der Waals surface area contributed by atoms with Crippen molar-refractivity contribution in [2.24, 2.45) is 0 Å². The molecule has 17 heavy (non-hydrogen) atoms. The average Bonchev–Trinajstić information content (AvgIpc) is 2.14. The highest BCUT2D eigenvalue weighted by Gasteiger charge is 2.14. The number of rotatable bonds is 5. The van der Waals surface area contributed by atoms with Gasteiger partial charge in [-0.3, -0.25) is 0 Å². The van der Waals surface area contributed by atoms with Crippen LogP contribution in [0.2, 0.25) is 0 Å². The van der Waals surface area contributed by atoms with E-state index in [0.717, 1.165) is 23.5 Å². The Morgan fingerprint density at radius 2 is 1.94 bits per heavy atom. The van der Waals surface area contributed by atoms with Crippen molar-refractivity contribution < 1.29 is 4.74 Å². The summed E-state index contributed by atoms with van der Waals surface area (Å²) in [4.78, 5) is 0. The molecule has 96 valence electrons. The van der Waals surface area contributed by atoms with Gasteiger partial charge in [-0.15, -0.1) is 0 Å². The third-order valence-corrected chi connectivity index (χ3v) is 2.67. The van der Waals surface area contributed by atoms with Gasteiger partial charge in [-0.25, -0.2) is 0 Å². The van der Waals surface area contributed by atoms with Crippen molar-refractivity contribution in [3.05, 3.63) is 18.2 Å². The molecular weight excluding hydrogens is 212 g/mol. The summed E-state index contributed by atoms with van der Waals surface area (Å²) in [6.45, 7) is 10.5. The quantitative estimate of drug-likeness (QED) is 0.767. The number of nitrogens with two attached hydrogens (primary N) is 1. The molecule has 3 N–H and O–H groups in total. The Bertz CT molecular complexity index is 372. The van der Waals surface area contributed by atoms with Crippen LogP contribution in [0.4, 0.5) is 11.4 Å². The summed E-state index contributed by atoms with van der Waals surface area (Å²) < 4.78 is 5.66. The highest BCUT2D eigenvalue weighted by molar-refractivity contribution is 5.60. The number of benzene rings is 1. The van der Waals surface area contributed by atoms with E-state index >= 15 is 0 Å². The molecule has 0 aliphatic heterocycles. The minimum absolute atomic E-state index is 0.0584. The summed E-state index contributed by atoms with van der Waals surface area (Å²) in [6.07, 6.45) is 1.20. The highest BCUT2D eigenvalue weighted by Crippen LogP contribution is 2.26. The fourth-order valence-corrected chi connectivity index (χ4v) is 1.51. The van der Waals surface area contributed by atoms with E-state index in [1.807, 2.05) is 32.0 Å². The second-order valence-electron chi connectivity index (χ2n) is 5.32. The van der Waals surface area contributed by atoms with E-state index in [0.29, 0.717) is 0 Å². The maximum absolute atomic E-state index is 5.88. The topological polar surface area (TPSA) is 47.3 Å². The first-order valence-corrected chi connectivity index (χ1v) is 6.18. The molecule has 0 radical (unpaired) electrons. The number of hydrogen-bond donors (Lipinski definition) is 2. The summed E-state index contributed by atoms with van der Waals surface area (Å²) in [5.74, 6) is 0.814. The monoisotopic (exact) mass is 236 g/mol. The highest BCUT2D eigenvalue weighted by atomic mass is 16.5. The number of anilines is 2. The van der Waals surface area contributed by atoms with Crippen molar-refractivity contribution in [3.63, 3.8) is 0 Å². The molecule has 3 nitrogen and oxygen atoms in total. The maximum Gasteiger partial charge on any atom is 0.123 e. The Hall–Kier alpha value is -1.38. The molecule has 0 aliphatic carbocycles. The standard InChI is InChI=1S/C14H24N2O/c1-6-14(4,5)16-12-7-11(15)8-13(9-12)17-10(2)3/h7-10,16H,6,15H2,1-5H3. The molecule has 0 fully saturated rings. The zero-order chi connectivity index (χ0) is 13.1. The van der Waals surface area contributed by atoms with Crippen LogP contribution in [0.1, 0.15) is 41.0 Å². The SMILES string of the molecule is CCC(C)(C)Nc1cc(N)cc(OC(C)C)c1. The van der Waals surface area contributed by atoms with Gasteiger partial charge >= 0.3 is 0 Å². The zero-order valence-electron chi connectivity index (χ0n) is 11.5. The van der Waals surface area contributed by atoms with Crippen LogP contribution >= 0.6 is 0 Å². The second kappa shape index (κ2) is 5.30. The third kappa shape index (κ3) is 4.55. The van der Waals surface area contributed by atoms with Gasteiger partial charge in [0.1, 0.15) is 5.75 Å². The lowest BCUT2D eigenvalue weighted by Gasteiger charge is -2.26. The van der Waals surface area contributed by atoms with Gasteiger partial charge in [0.2, 0.25) is 0 Å². The molecule has 1 rings (SSSR count). The maximum atomic E-state index is 5.88. The summed E-state index contributed by atoms with van der Waals surface area (Å²) in [5.41, 5.74) is 7.66. The molecule has 0 unspecified atom stereocenters. The van der Waals surface area contributed by atoms with Gasteiger partial charge in [-0.1, -0.05) is 6.92 Å². The second-order valence-corrected chi connectivity index (χ2v) is 5.32. The van der Waals surface area contributed by atoms with Crippen molar-refractivity contribution in [2.45, 2.75) is 52.7 Å². The van der Waals surface area contributed by atoms with Crippen molar-refractivity contribution >= 4 is 11.4 Å². The molecule has 1 aromatic carbocycles. The van der Waals surface area contributed by atoms with Gasteiger partial charge in [0.05, 0.1) is 6.10 Å². The summed E-state index contributed by atoms with van der Waals surface area (Å²) in [5, 5.41) is 3.46. The summed E-state index contributed by atoms with van der Waals surface area (Å²) in [7, 11) is 0. The first-order valence-electron chi connectivity index (χ1n) is 6.18. The molecule has 0 atom stereocenters. The first-order chi connectivity index (χ1) is 7.82. The van der Waals surface area contributed by atoms with Gasteiger partial charge in [-0.2, -0.15) is 0 Å². The van der Waals surface area contributed by atoms with Crippen LogP contribution in [0.25, 0.3) is 0 Å². The lowest BCUT2D eigenvalue weighted by molar-refractivity contribution is 0.242. The molecular formula is C14H24N2O. The molecule has 0 bridgehead atoms. The first kappa shape index (κ1) is 13.7. The fraction of sp³-hybridized carbons (Fsp3) is 0.571. The lowest BCUT2D eigenvalue weighted by atomic mass is 10.0. The Kier molecular flexibility index (Phi) is 4.27. The van der Waals surface area contributed by atoms with Crippen molar-refractivity contribution in [3.8, 4) is 5.75 Å². The van der Waals surface area contributed by atoms with E-state index < -0.39 is 0 Å². The van der Waals surface area contributed by atoms with E-state index in [1.165, 1.54) is 0 Å². The molecule has 1 aromatic rings. The molecule has 0 aromatic heterocycles. The lowest BCUT2D eigenvalue weighted by Crippen LogP contribution is -2.29. The van der Waals surface area contributed by atoms with E-state index in [-0.39, 0.29) is 11.6 Å². The summed E-state index contributed by atoms with van der Waals surface area (Å²) in [6, 6.07) is 5.78. The van der Waals surface area contributed by atoms with E-state index in [2.05, 4.69) is 26.1 Å². The Morgan fingerprint density at radius 1 is 1.29 bits per heavy atom. The Morgan fingerprint density at radius 3 is 2.47 bits per heavy atom. The number of nitrogen functional groups attached to an aromatic ring is 1. The molecule has 0 saturated carbocycles. The largest absolute Gasteiger partial charge is 0.491 e.